The minimum atomic E-state index is -0.898. The zero-order valence-corrected chi connectivity index (χ0v) is 4.74. The van der Waals surface area contributed by atoms with E-state index in [4.69, 9.17) is 15.7 Å². The first-order valence-electron chi connectivity index (χ1n) is 2.54. The topological polar surface area (TPSA) is 58.7 Å². The lowest BCUT2D eigenvalue weighted by Crippen LogP contribution is -2.41. The Balaban J connectivity index is 2.44. The molecular weight excluding hydrogens is 108 g/mol. The van der Waals surface area contributed by atoms with E-state index >= 15 is 0 Å². The van der Waals surface area contributed by atoms with Crippen molar-refractivity contribution in [3.05, 3.63) is 0 Å². The molecule has 0 aromatic heterocycles. The Hall–Kier alpha value is -0.160. The summed E-state index contributed by atoms with van der Waals surface area (Å²) < 4.78 is 4.73. The van der Waals surface area contributed by atoms with Gasteiger partial charge in [0.2, 0.25) is 6.41 Å². The number of aliphatic hydroxyl groups excluding tert-OH is 1. The highest BCUT2D eigenvalue weighted by Gasteiger charge is 2.26. The van der Waals surface area contributed by atoms with Crippen LogP contribution in [0.25, 0.3) is 0 Å². The third kappa shape index (κ3) is 0.830. The lowest BCUT2D eigenvalue weighted by molar-refractivity contribution is -0.136. The van der Waals surface area contributed by atoms with E-state index in [1.165, 1.54) is 5.01 Å². The van der Waals surface area contributed by atoms with E-state index in [1.54, 1.807) is 0 Å². The number of hydrazine groups is 1. The Bertz CT molecular complexity index is 78.1. The number of ether oxygens (including phenoxy) is 1. The average Bonchev–Trinajstić information content (AvgIpc) is 1.98. The van der Waals surface area contributed by atoms with Crippen molar-refractivity contribution in [1.82, 2.24) is 5.01 Å². The van der Waals surface area contributed by atoms with Gasteiger partial charge in [-0.1, -0.05) is 0 Å². The zero-order chi connectivity index (χ0) is 6.15. The molecule has 48 valence electrons. The summed E-state index contributed by atoms with van der Waals surface area (Å²) in [5.74, 6) is 5.28. The van der Waals surface area contributed by atoms with Crippen LogP contribution in [0.1, 0.15) is 6.92 Å². The van der Waals surface area contributed by atoms with Gasteiger partial charge in [0, 0.05) is 6.04 Å². The van der Waals surface area contributed by atoms with E-state index in [2.05, 4.69) is 0 Å². The van der Waals surface area contributed by atoms with Gasteiger partial charge in [0.15, 0.2) is 0 Å². The highest BCUT2D eigenvalue weighted by atomic mass is 16.6. The molecule has 1 heterocycles. The van der Waals surface area contributed by atoms with Crippen LogP contribution in [0.5, 0.6) is 0 Å². The summed E-state index contributed by atoms with van der Waals surface area (Å²) in [6, 6.07) is 0.130. The maximum atomic E-state index is 8.75. The highest BCUT2D eigenvalue weighted by Crippen LogP contribution is 2.07. The number of hydrogen-bond acceptors (Lipinski definition) is 4. The first-order valence-corrected chi connectivity index (χ1v) is 2.54. The van der Waals surface area contributed by atoms with Gasteiger partial charge in [-0.2, -0.15) is 5.01 Å². The predicted octanol–water partition coefficient (Wildman–Crippen LogP) is -1.14. The molecule has 1 aliphatic rings. The van der Waals surface area contributed by atoms with Gasteiger partial charge in [-0.15, -0.1) is 0 Å². The van der Waals surface area contributed by atoms with Crippen molar-refractivity contribution < 1.29 is 9.84 Å². The summed E-state index contributed by atoms with van der Waals surface area (Å²) in [4.78, 5) is 0. The van der Waals surface area contributed by atoms with Gasteiger partial charge in [-0.25, -0.2) is 0 Å². The highest BCUT2D eigenvalue weighted by molar-refractivity contribution is 4.64. The molecule has 0 aromatic rings. The summed E-state index contributed by atoms with van der Waals surface area (Å²) in [7, 11) is 0. The molecule has 0 amide bonds. The monoisotopic (exact) mass is 118 g/mol. The van der Waals surface area contributed by atoms with E-state index in [1.807, 2.05) is 6.92 Å². The molecule has 4 heteroatoms. The van der Waals surface area contributed by atoms with Crippen LogP contribution >= 0.6 is 0 Å². The molecule has 8 heavy (non-hydrogen) atoms. The smallest absolute Gasteiger partial charge is 0.229 e. The number of aliphatic hydroxyl groups is 1. The van der Waals surface area contributed by atoms with E-state index in [9.17, 15) is 0 Å². The first kappa shape index (κ1) is 5.97. The van der Waals surface area contributed by atoms with Crippen molar-refractivity contribution in [1.29, 1.82) is 0 Å². The summed E-state index contributed by atoms with van der Waals surface area (Å²) in [6.07, 6.45) is -0.898. The van der Waals surface area contributed by atoms with Crippen LogP contribution in [-0.2, 0) is 4.74 Å². The quantitative estimate of drug-likeness (QED) is 0.395. The van der Waals surface area contributed by atoms with Gasteiger partial charge in [0.1, 0.15) is 0 Å². The third-order valence-electron chi connectivity index (χ3n) is 1.25. The van der Waals surface area contributed by atoms with Crippen molar-refractivity contribution in [3.63, 3.8) is 0 Å². The van der Waals surface area contributed by atoms with Crippen LogP contribution in [-0.4, -0.2) is 29.2 Å². The van der Waals surface area contributed by atoms with Gasteiger partial charge in [0.05, 0.1) is 6.61 Å². The summed E-state index contributed by atoms with van der Waals surface area (Å²) in [5, 5.41) is 10.0. The number of rotatable bonds is 0. The third-order valence-corrected chi connectivity index (χ3v) is 1.25. The lowest BCUT2D eigenvalue weighted by Gasteiger charge is -2.13. The van der Waals surface area contributed by atoms with Crippen LogP contribution in [0.4, 0.5) is 0 Å². The maximum Gasteiger partial charge on any atom is 0.229 e. The molecule has 1 saturated heterocycles. The fraction of sp³-hybridized carbons (Fsp3) is 1.00. The van der Waals surface area contributed by atoms with E-state index < -0.39 is 6.41 Å². The molecule has 4 nitrogen and oxygen atoms in total. The summed E-state index contributed by atoms with van der Waals surface area (Å²) in [5.41, 5.74) is 0. The van der Waals surface area contributed by atoms with Gasteiger partial charge >= 0.3 is 0 Å². The molecule has 0 radical (unpaired) electrons. The van der Waals surface area contributed by atoms with E-state index in [0.29, 0.717) is 6.61 Å². The summed E-state index contributed by atoms with van der Waals surface area (Å²) >= 11 is 0. The van der Waals surface area contributed by atoms with E-state index in [0.717, 1.165) is 0 Å². The molecule has 1 rings (SSSR count). The minimum absolute atomic E-state index is 0.130. The SMILES string of the molecule is C[C@@H]1COC(O)N1N. The van der Waals surface area contributed by atoms with Gasteiger partial charge in [-0.3, -0.25) is 5.84 Å². The Morgan fingerprint density at radius 2 is 2.50 bits per heavy atom. The Labute approximate surface area is 47.8 Å². The van der Waals surface area contributed by atoms with Crippen molar-refractivity contribution in [2.24, 2.45) is 5.84 Å². The normalized spacial score (nSPS) is 40.9. The van der Waals surface area contributed by atoms with Crippen LogP contribution in [0.15, 0.2) is 0 Å². The van der Waals surface area contributed by atoms with Crippen LogP contribution in [0.3, 0.4) is 0 Å². The van der Waals surface area contributed by atoms with Gasteiger partial charge in [-0.05, 0) is 6.92 Å². The molecule has 1 aliphatic heterocycles. The minimum Gasteiger partial charge on any atom is -0.355 e. The molecule has 0 saturated carbocycles. The van der Waals surface area contributed by atoms with Crippen LogP contribution in [0.2, 0.25) is 0 Å². The van der Waals surface area contributed by atoms with Crippen molar-refractivity contribution in [2.45, 2.75) is 19.4 Å². The molecule has 0 aromatic carbocycles. The standard InChI is InChI=1S/C4H10N2O2/c1-3-2-8-4(7)6(3)5/h3-4,7H,2,5H2,1H3/t3-,4?/m1/s1. The second-order valence-corrected chi connectivity index (χ2v) is 1.96. The van der Waals surface area contributed by atoms with Gasteiger partial charge in [0.25, 0.3) is 0 Å². The van der Waals surface area contributed by atoms with Gasteiger partial charge < -0.3 is 9.84 Å². The molecule has 0 bridgehead atoms. The van der Waals surface area contributed by atoms with Crippen molar-refractivity contribution in [3.8, 4) is 0 Å². The fourth-order valence-corrected chi connectivity index (χ4v) is 0.615. The molecule has 1 fully saturated rings. The van der Waals surface area contributed by atoms with E-state index in [-0.39, 0.29) is 6.04 Å². The Morgan fingerprint density at radius 1 is 1.88 bits per heavy atom. The number of nitrogens with zero attached hydrogens (tertiary/aromatic N) is 1. The average molecular weight is 118 g/mol. The molecule has 1 unspecified atom stereocenters. The lowest BCUT2D eigenvalue weighted by atomic mass is 10.4. The number of nitrogens with two attached hydrogens (primary N) is 1. The summed E-state index contributed by atoms with van der Waals surface area (Å²) in [6.45, 7) is 2.40. The van der Waals surface area contributed by atoms with Crippen molar-refractivity contribution in [2.75, 3.05) is 6.61 Å². The molecule has 0 aliphatic carbocycles. The molecule has 0 spiro atoms. The second kappa shape index (κ2) is 1.99. The van der Waals surface area contributed by atoms with Crippen LogP contribution in [0, 0.1) is 0 Å². The second-order valence-electron chi connectivity index (χ2n) is 1.96. The number of hydrogen-bond donors (Lipinski definition) is 2. The fourth-order valence-electron chi connectivity index (χ4n) is 0.615. The largest absolute Gasteiger partial charge is 0.355 e. The predicted molar refractivity (Wildman–Crippen MR) is 27.4 cm³/mol. The zero-order valence-electron chi connectivity index (χ0n) is 4.74. The maximum absolute atomic E-state index is 8.75. The molecule has 2 atom stereocenters. The molecule has 3 N–H and O–H groups in total. The molecular formula is C4H10N2O2. The van der Waals surface area contributed by atoms with Crippen molar-refractivity contribution >= 4 is 0 Å². The first-order chi connectivity index (χ1) is 3.72. The van der Waals surface area contributed by atoms with Crippen LogP contribution < -0.4 is 5.84 Å². The Kier molecular flexibility index (Phi) is 1.48. The Morgan fingerprint density at radius 3 is 2.62 bits per heavy atom.